The van der Waals surface area contributed by atoms with Gasteiger partial charge in [-0.05, 0) is 54.7 Å². The molecule has 1 aliphatic rings. The number of primary amides is 1. The van der Waals surface area contributed by atoms with Crippen molar-refractivity contribution in [3.05, 3.63) is 70.2 Å². The summed E-state index contributed by atoms with van der Waals surface area (Å²) < 4.78 is 2.36. The number of halogens is 2. The van der Waals surface area contributed by atoms with E-state index in [9.17, 15) is 4.79 Å². The second-order valence-electron chi connectivity index (χ2n) is 8.18. The highest BCUT2D eigenvalue weighted by molar-refractivity contribution is 6.36. The van der Waals surface area contributed by atoms with Gasteiger partial charge in [0, 0.05) is 49.5 Å². The SMILES string of the molecule is NC(=O)c1cccc2c1c1ccc(-c3ccc(Cl)cc3Cl)cc1n2CC1CCCC1. The quantitative estimate of drug-likeness (QED) is 0.365. The van der Waals surface area contributed by atoms with Crippen LogP contribution in [0.1, 0.15) is 36.0 Å². The molecule has 0 atom stereocenters. The predicted octanol–water partition coefficient (Wildman–Crippen LogP) is 7.06. The molecule has 1 aliphatic carbocycles. The molecule has 0 spiro atoms. The molecule has 1 saturated carbocycles. The van der Waals surface area contributed by atoms with Crippen LogP contribution in [-0.4, -0.2) is 10.5 Å². The lowest BCUT2D eigenvalue weighted by Gasteiger charge is -2.14. The number of carbonyl (C=O) groups is 1. The van der Waals surface area contributed by atoms with Crippen molar-refractivity contribution in [2.75, 3.05) is 0 Å². The van der Waals surface area contributed by atoms with Crippen LogP contribution in [0.15, 0.2) is 54.6 Å². The van der Waals surface area contributed by atoms with Crippen LogP contribution in [0, 0.1) is 5.92 Å². The van der Waals surface area contributed by atoms with E-state index in [-0.39, 0.29) is 0 Å². The van der Waals surface area contributed by atoms with Crippen molar-refractivity contribution in [3.8, 4) is 11.1 Å². The van der Waals surface area contributed by atoms with E-state index in [0.29, 0.717) is 21.5 Å². The van der Waals surface area contributed by atoms with Gasteiger partial charge in [0.15, 0.2) is 0 Å². The molecule has 4 aromatic rings. The topological polar surface area (TPSA) is 48.0 Å². The monoisotopic (exact) mass is 436 g/mol. The van der Waals surface area contributed by atoms with Gasteiger partial charge in [0.05, 0.1) is 0 Å². The first kappa shape index (κ1) is 19.5. The van der Waals surface area contributed by atoms with Crippen molar-refractivity contribution < 1.29 is 4.79 Å². The fourth-order valence-electron chi connectivity index (χ4n) is 4.89. The summed E-state index contributed by atoms with van der Waals surface area (Å²) in [4.78, 5) is 12.2. The maximum Gasteiger partial charge on any atom is 0.249 e. The molecule has 0 aliphatic heterocycles. The molecule has 0 unspecified atom stereocenters. The normalized spacial score (nSPS) is 14.7. The number of aromatic nitrogens is 1. The maximum atomic E-state index is 12.2. The number of hydrogen-bond acceptors (Lipinski definition) is 1. The Kier molecular flexibility index (Phi) is 4.96. The molecule has 0 bridgehead atoms. The van der Waals surface area contributed by atoms with Gasteiger partial charge in [-0.15, -0.1) is 0 Å². The largest absolute Gasteiger partial charge is 0.366 e. The van der Waals surface area contributed by atoms with Crippen LogP contribution >= 0.6 is 23.2 Å². The molecule has 1 aromatic heterocycles. The maximum absolute atomic E-state index is 12.2. The average molecular weight is 437 g/mol. The van der Waals surface area contributed by atoms with E-state index >= 15 is 0 Å². The summed E-state index contributed by atoms with van der Waals surface area (Å²) in [5.74, 6) is 0.258. The Morgan fingerprint density at radius 1 is 1.00 bits per heavy atom. The predicted molar refractivity (Wildman–Crippen MR) is 125 cm³/mol. The Morgan fingerprint density at radius 3 is 2.53 bits per heavy atom. The molecule has 3 nitrogen and oxygen atoms in total. The minimum absolute atomic E-state index is 0.398. The van der Waals surface area contributed by atoms with Crippen molar-refractivity contribution >= 4 is 50.9 Å². The van der Waals surface area contributed by atoms with E-state index in [1.54, 1.807) is 6.07 Å². The molecule has 3 aromatic carbocycles. The van der Waals surface area contributed by atoms with Crippen LogP contribution in [0.3, 0.4) is 0 Å². The lowest BCUT2D eigenvalue weighted by molar-refractivity contribution is 0.100. The third kappa shape index (κ3) is 3.27. The highest BCUT2D eigenvalue weighted by Gasteiger charge is 2.21. The third-order valence-electron chi connectivity index (χ3n) is 6.31. The minimum atomic E-state index is -0.398. The van der Waals surface area contributed by atoms with Crippen molar-refractivity contribution in [1.82, 2.24) is 4.57 Å². The van der Waals surface area contributed by atoms with Gasteiger partial charge in [0.25, 0.3) is 0 Å². The van der Waals surface area contributed by atoms with E-state index in [1.165, 1.54) is 25.7 Å². The Balaban J connectivity index is 1.78. The molecule has 0 saturated heterocycles. The Labute approximate surface area is 185 Å². The van der Waals surface area contributed by atoms with Gasteiger partial charge in [-0.1, -0.05) is 60.3 Å². The number of amides is 1. The molecule has 152 valence electrons. The lowest BCUT2D eigenvalue weighted by Crippen LogP contribution is -2.11. The molecular weight excluding hydrogens is 415 g/mol. The van der Waals surface area contributed by atoms with Gasteiger partial charge in [-0.3, -0.25) is 4.79 Å². The second-order valence-corrected chi connectivity index (χ2v) is 9.02. The van der Waals surface area contributed by atoms with Gasteiger partial charge in [-0.25, -0.2) is 0 Å². The Bertz CT molecular complexity index is 1290. The molecule has 5 heteroatoms. The summed E-state index contributed by atoms with van der Waals surface area (Å²) in [5, 5.41) is 3.22. The summed E-state index contributed by atoms with van der Waals surface area (Å²) in [6, 6.07) is 17.7. The van der Waals surface area contributed by atoms with E-state index in [1.807, 2.05) is 24.3 Å². The zero-order valence-corrected chi connectivity index (χ0v) is 18.0. The first-order valence-electron chi connectivity index (χ1n) is 10.3. The number of carbonyl (C=O) groups excluding carboxylic acids is 1. The van der Waals surface area contributed by atoms with E-state index in [0.717, 1.165) is 39.5 Å². The third-order valence-corrected chi connectivity index (χ3v) is 6.86. The van der Waals surface area contributed by atoms with Crippen LogP contribution in [0.4, 0.5) is 0 Å². The summed E-state index contributed by atoms with van der Waals surface area (Å²) in [7, 11) is 0. The van der Waals surface area contributed by atoms with Crippen molar-refractivity contribution in [3.63, 3.8) is 0 Å². The molecule has 5 rings (SSSR count). The lowest BCUT2D eigenvalue weighted by atomic mass is 10.0. The Hall–Kier alpha value is -2.49. The number of hydrogen-bond donors (Lipinski definition) is 1. The molecule has 1 amide bonds. The number of nitrogens with zero attached hydrogens (tertiary/aromatic N) is 1. The number of fused-ring (bicyclic) bond motifs is 3. The molecule has 30 heavy (non-hydrogen) atoms. The first-order valence-corrected chi connectivity index (χ1v) is 11.1. The summed E-state index contributed by atoms with van der Waals surface area (Å²) in [5.41, 5.74) is 10.4. The fraction of sp³-hybridized carbons (Fsp3) is 0.240. The number of nitrogens with two attached hydrogens (primary N) is 1. The van der Waals surface area contributed by atoms with Crippen molar-refractivity contribution in [2.24, 2.45) is 11.7 Å². The second kappa shape index (κ2) is 7.64. The fourth-order valence-corrected chi connectivity index (χ4v) is 5.41. The minimum Gasteiger partial charge on any atom is -0.366 e. The summed E-state index contributed by atoms with van der Waals surface area (Å²) in [6.07, 6.45) is 5.08. The first-order chi connectivity index (χ1) is 14.5. The molecule has 2 N–H and O–H groups in total. The van der Waals surface area contributed by atoms with E-state index in [4.69, 9.17) is 28.9 Å². The Morgan fingerprint density at radius 2 is 1.80 bits per heavy atom. The van der Waals surface area contributed by atoms with Crippen LogP contribution < -0.4 is 5.73 Å². The molecule has 0 radical (unpaired) electrons. The van der Waals surface area contributed by atoms with Crippen LogP contribution in [-0.2, 0) is 6.54 Å². The van der Waals surface area contributed by atoms with Gasteiger partial charge >= 0.3 is 0 Å². The highest BCUT2D eigenvalue weighted by atomic mass is 35.5. The van der Waals surface area contributed by atoms with Gasteiger partial charge < -0.3 is 10.3 Å². The van der Waals surface area contributed by atoms with Crippen molar-refractivity contribution in [2.45, 2.75) is 32.2 Å². The van der Waals surface area contributed by atoms with Crippen molar-refractivity contribution in [1.29, 1.82) is 0 Å². The average Bonchev–Trinajstić information content (AvgIpc) is 3.34. The van der Waals surface area contributed by atoms with Gasteiger partial charge in [-0.2, -0.15) is 0 Å². The van der Waals surface area contributed by atoms with Gasteiger partial charge in [0.1, 0.15) is 0 Å². The highest BCUT2D eigenvalue weighted by Crippen LogP contribution is 2.38. The molecule has 1 fully saturated rings. The smallest absolute Gasteiger partial charge is 0.249 e. The van der Waals surface area contributed by atoms with E-state index in [2.05, 4.69) is 28.8 Å². The number of benzene rings is 3. The number of rotatable bonds is 4. The zero-order chi connectivity index (χ0) is 20.8. The molecular formula is C25H22Cl2N2O. The zero-order valence-electron chi connectivity index (χ0n) is 16.5. The van der Waals surface area contributed by atoms with Crippen LogP contribution in [0.25, 0.3) is 32.9 Å². The van der Waals surface area contributed by atoms with Crippen LogP contribution in [0.2, 0.25) is 10.0 Å². The van der Waals surface area contributed by atoms with Gasteiger partial charge in [0.2, 0.25) is 5.91 Å². The molecule has 1 heterocycles. The summed E-state index contributed by atoms with van der Waals surface area (Å²) >= 11 is 12.6. The van der Waals surface area contributed by atoms with Crippen LogP contribution in [0.5, 0.6) is 0 Å². The summed E-state index contributed by atoms with van der Waals surface area (Å²) in [6.45, 7) is 0.944. The standard InChI is InChI=1S/C25H22Cl2N2O/c26-17-9-11-18(21(27)13-17)16-8-10-19-23(12-16)29(14-15-4-1-2-5-15)22-7-3-6-20(24(19)22)25(28)30/h3,6-13,15H,1-2,4-5,14H2,(H2,28,30). The van der Waals surface area contributed by atoms with E-state index < -0.39 is 5.91 Å².